The Hall–Kier alpha value is -1.72. The summed E-state index contributed by atoms with van der Waals surface area (Å²) in [6.07, 6.45) is 0.234. The van der Waals surface area contributed by atoms with Crippen molar-refractivity contribution in [1.82, 2.24) is 15.8 Å². The van der Waals surface area contributed by atoms with E-state index in [1.165, 1.54) is 6.08 Å². The van der Waals surface area contributed by atoms with Crippen molar-refractivity contribution in [3.8, 4) is 0 Å². The molecule has 6 nitrogen and oxygen atoms in total. The molecule has 3 N–H and O–H groups in total. The largest absolute Gasteiger partial charge is 0.464 e. The van der Waals surface area contributed by atoms with Crippen molar-refractivity contribution in [2.45, 2.75) is 26.3 Å². The molecular weight excluding hydrogens is 198 g/mol. The molecule has 15 heavy (non-hydrogen) atoms. The first kappa shape index (κ1) is 13.3. The third-order valence-electron chi connectivity index (χ3n) is 1.48. The van der Waals surface area contributed by atoms with Gasteiger partial charge in [-0.05, 0) is 20.8 Å². The fourth-order valence-corrected chi connectivity index (χ4v) is 0.857. The SMILES string of the molecule is C=CCNC(=O)N(NC(=O)O)C(C)(C)C. The Bertz CT molecular complexity index is 258. The summed E-state index contributed by atoms with van der Waals surface area (Å²) in [5.41, 5.74) is 1.40. The highest BCUT2D eigenvalue weighted by Crippen LogP contribution is 2.10. The van der Waals surface area contributed by atoms with Gasteiger partial charge in [0.25, 0.3) is 0 Å². The van der Waals surface area contributed by atoms with Crippen LogP contribution in [0.15, 0.2) is 12.7 Å². The Balaban J connectivity index is 4.55. The maximum absolute atomic E-state index is 11.5. The second-order valence-corrected chi connectivity index (χ2v) is 3.90. The third kappa shape index (κ3) is 4.90. The number of nitrogens with zero attached hydrogens (tertiary/aromatic N) is 1. The van der Waals surface area contributed by atoms with Gasteiger partial charge in [-0.1, -0.05) is 6.08 Å². The minimum absolute atomic E-state index is 0.284. The van der Waals surface area contributed by atoms with Gasteiger partial charge < -0.3 is 10.4 Å². The highest BCUT2D eigenvalue weighted by Gasteiger charge is 2.27. The predicted molar refractivity (Wildman–Crippen MR) is 56.3 cm³/mol. The van der Waals surface area contributed by atoms with Crippen LogP contribution in [0.25, 0.3) is 0 Å². The maximum Gasteiger partial charge on any atom is 0.423 e. The van der Waals surface area contributed by atoms with Gasteiger partial charge in [0, 0.05) is 6.54 Å². The van der Waals surface area contributed by atoms with Gasteiger partial charge in [-0.2, -0.15) is 0 Å². The lowest BCUT2D eigenvalue weighted by molar-refractivity contribution is 0.0932. The molecule has 0 rings (SSSR count). The number of hydrazine groups is 1. The van der Waals surface area contributed by atoms with E-state index in [1.807, 2.05) is 5.43 Å². The molecule has 0 radical (unpaired) electrons. The molecule has 0 aliphatic rings. The summed E-state index contributed by atoms with van der Waals surface area (Å²) in [5.74, 6) is 0. The number of carbonyl (C=O) groups excluding carboxylic acids is 1. The normalized spacial score (nSPS) is 10.3. The molecule has 86 valence electrons. The molecule has 0 heterocycles. The van der Waals surface area contributed by atoms with Gasteiger partial charge in [0.1, 0.15) is 0 Å². The molecular formula is C9H17N3O3. The van der Waals surface area contributed by atoms with Gasteiger partial charge in [0.15, 0.2) is 0 Å². The fourth-order valence-electron chi connectivity index (χ4n) is 0.857. The average molecular weight is 215 g/mol. The number of hydrogen-bond donors (Lipinski definition) is 3. The smallest absolute Gasteiger partial charge is 0.423 e. The number of hydrogen-bond acceptors (Lipinski definition) is 2. The molecule has 3 amide bonds. The van der Waals surface area contributed by atoms with Crippen molar-refractivity contribution in [1.29, 1.82) is 0 Å². The maximum atomic E-state index is 11.5. The summed E-state index contributed by atoms with van der Waals surface area (Å²) in [4.78, 5) is 22.0. The van der Waals surface area contributed by atoms with Crippen LogP contribution in [0.3, 0.4) is 0 Å². The molecule has 0 saturated heterocycles. The lowest BCUT2D eigenvalue weighted by Crippen LogP contribution is -2.58. The summed E-state index contributed by atoms with van der Waals surface area (Å²) in [5, 5.41) is 12.1. The van der Waals surface area contributed by atoms with Gasteiger partial charge >= 0.3 is 12.1 Å². The van der Waals surface area contributed by atoms with E-state index in [-0.39, 0.29) is 6.54 Å². The summed E-state index contributed by atoms with van der Waals surface area (Å²) >= 11 is 0. The minimum atomic E-state index is -1.28. The second-order valence-electron chi connectivity index (χ2n) is 3.90. The van der Waals surface area contributed by atoms with Gasteiger partial charge in [-0.25, -0.2) is 20.0 Å². The minimum Gasteiger partial charge on any atom is -0.464 e. The quantitative estimate of drug-likeness (QED) is 0.477. The van der Waals surface area contributed by atoms with Crippen LogP contribution in [-0.2, 0) is 0 Å². The molecule has 0 fully saturated rings. The third-order valence-corrected chi connectivity index (χ3v) is 1.48. The number of amides is 3. The molecule has 0 saturated carbocycles. The first-order valence-electron chi connectivity index (χ1n) is 4.47. The molecule has 0 aromatic carbocycles. The Morgan fingerprint density at radius 1 is 1.47 bits per heavy atom. The molecule has 0 unspecified atom stereocenters. The van der Waals surface area contributed by atoms with Gasteiger partial charge in [-0.15, -0.1) is 6.58 Å². The molecule has 0 aromatic rings. The molecule has 6 heteroatoms. The van der Waals surface area contributed by atoms with Crippen molar-refractivity contribution >= 4 is 12.1 Å². The van der Waals surface area contributed by atoms with Crippen LogP contribution in [-0.4, -0.2) is 34.3 Å². The number of nitrogens with one attached hydrogen (secondary N) is 2. The topological polar surface area (TPSA) is 81.7 Å². The van der Waals surface area contributed by atoms with E-state index in [4.69, 9.17) is 5.11 Å². The number of urea groups is 1. The predicted octanol–water partition coefficient (Wildman–Crippen LogP) is 1.17. The summed E-state index contributed by atoms with van der Waals surface area (Å²) in [6.45, 7) is 8.89. The Morgan fingerprint density at radius 2 is 2.00 bits per heavy atom. The lowest BCUT2D eigenvalue weighted by atomic mass is 10.1. The molecule has 0 bridgehead atoms. The first-order valence-corrected chi connectivity index (χ1v) is 4.47. The van der Waals surface area contributed by atoms with Crippen molar-refractivity contribution < 1.29 is 14.7 Å². The highest BCUT2D eigenvalue weighted by atomic mass is 16.4. The summed E-state index contributed by atoms with van der Waals surface area (Å²) in [6, 6.07) is -0.509. The monoisotopic (exact) mass is 215 g/mol. The standard InChI is InChI=1S/C9H17N3O3/c1-5-6-10-7(13)12(9(2,3)4)11-8(14)15/h5,11H,1,6H2,2-4H3,(H,10,13)(H,14,15). The van der Waals surface area contributed by atoms with E-state index in [9.17, 15) is 9.59 Å². The van der Waals surface area contributed by atoms with E-state index in [2.05, 4.69) is 11.9 Å². The molecule has 0 aliphatic heterocycles. The van der Waals surface area contributed by atoms with Crippen LogP contribution in [0.2, 0.25) is 0 Å². The van der Waals surface area contributed by atoms with E-state index in [0.717, 1.165) is 5.01 Å². The zero-order chi connectivity index (χ0) is 12.1. The van der Waals surface area contributed by atoms with Gasteiger partial charge in [-0.3, -0.25) is 0 Å². The van der Waals surface area contributed by atoms with Crippen LogP contribution in [0.5, 0.6) is 0 Å². The number of carboxylic acid groups (broad SMARTS) is 1. The van der Waals surface area contributed by atoms with Crippen molar-refractivity contribution in [2.24, 2.45) is 0 Å². The van der Waals surface area contributed by atoms with E-state index < -0.39 is 17.7 Å². The van der Waals surface area contributed by atoms with Crippen molar-refractivity contribution in [2.75, 3.05) is 6.54 Å². The van der Waals surface area contributed by atoms with Crippen LogP contribution >= 0.6 is 0 Å². The van der Waals surface area contributed by atoms with E-state index >= 15 is 0 Å². The van der Waals surface area contributed by atoms with Crippen molar-refractivity contribution in [3.05, 3.63) is 12.7 Å². The fraction of sp³-hybridized carbons (Fsp3) is 0.556. The van der Waals surface area contributed by atoms with Crippen LogP contribution in [0.1, 0.15) is 20.8 Å². The zero-order valence-electron chi connectivity index (χ0n) is 9.20. The highest BCUT2D eigenvalue weighted by molar-refractivity contribution is 5.78. The lowest BCUT2D eigenvalue weighted by Gasteiger charge is -2.34. The van der Waals surface area contributed by atoms with Crippen LogP contribution in [0, 0.1) is 0 Å². The Kier molecular flexibility index (Phi) is 4.63. The molecule has 0 aliphatic carbocycles. The number of carbonyl (C=O) groups is 2. The zero-order valence-corrected chi connectivity index (χ0v) is 9.20. The van der Waals surface area contributed by atoms with Crippen molar-refractivity contribution in [3.63, 3.8) is 0 Å². The van der Waals surface area contributed by atoms with E-state index in [1.54, 1.807) is 20.8 Å². The molecule has 0 aromatic heterocycles. The van der Waals surface area contributed by atoms with Gasteiger partial charge in [0.05, 0.1) is 5.54 Å². The Labute approximate surface area is 88.9 Å². The van der Waals surface area contributed by atoms with Crippen LogP contribution in [0.4, 0.5) is 9.59 Å². The Morgan fingerprint density at radius 3 is 2.33 bits per heavy atom. The molecule has 0 spiro atoms. The van der Waals surface area contributed by atoms with Gasteiger partial charge in [0.2, 0.25) is 0 Å². The van der Waals surface area contributed by atoms with Crippen LogP contribution < -0.4 is 10.7 Å². The second kappa shape index (κ2) is 5.23. The molecule has 0 atom stereocenters. The average Bonchev–Trinajstić information content (AvgIpc) is 2.08. The summed E-state index contributed by atoms with van der Waals surface area (Å²) in [7, 11) is 0. The first-order chi connectivity index (χ1) is 6.79. The number of rotatable bonds is 2. The van der Waals surface area contributed by atoms with E-state index in [0.29, 0.717) is 0 Å². The summed E-state index contributed by atoms with van der Waals surface area (Å²) < 4.78 is 0.